The van der Waals surface area contributed by atoms with Gasteiger partial charge in [0.15, 0.2) is 18.3 Å². The Morgan fingerprint density at radius 3 is 2.03 bits per heavy atom. The van der Waals surface area contributed by atoms with Crippen LogP contribution in [0.5, 0.6) is 0 Å². The molecule has 2 saturated heterocycles. The second-order valence-electron chi connectivity index (χ2n) is 9.80. The summed E-state index contributed by atoms with van der Waals surface area (Å²) in [6.07, 6.45) is -3.92. The van der Waals surface area contributed by atoms with E-state index in [1.807, 2.05) is 6.08 Å². The molecule has 0 spiro atoms. The van der Waals surface area contributed by atoms with E-state index in [2.05, 4.69) is 0 Å². The van der Waals surface area contributed by atoms with Crippen molar-refractivity contribution in [3.8, 4) is 0 Å². The fourth-order valence-electron chi connectivity index (χ4n) is 5.45. The van der Waals surface area contributed by atoms with E-state index in [4.69, 9.17) is 42.6 Å². The van der Waals surface area contributed by atoms with Gasteiger partial charge in [-0.2, -0.15) is 0 Å². The maximum absolute atomic E-state index is 12.1. The standard InChI is InChI=1S/C25H32O14/c1-11(26)32-9-17-20(34-13(3)28)21(35-14(4)29)22(36-15(5)30)24(37-17)38-23-19-16(6-7-31-23)8-18-25(19,39-18)10-33-12(2)27/h6-7,16-24H,8-10H2,1-5H3/t16-,17+,18-,19+,20+,21-,22+,23-,24-,25-/m0/s1. The topological polar surface area (TPSA) is 172 Å². The molecule has 3 aliphatic heterocycles. The zero-order chi connectivity index (χ0) is 28.5. The lowest BCUT2D eigenvalue weighted by atomic mass is 9.86. The highest BCUT2D eigenvalue weighted by Gasteiger charge is 2.72. The summed E-state index contributed by atoms with van der Waals surface area (Å²) in [4.78, 5) is 59.1. The Morgan fingerprint density at radius 1 is 0.795 bits per heavy atom. The van der Waals surface area contributed by atoms with Crippen molar-refractivity contribution in [3.63, 3.8) is 0 Å². The first-order valence-corrected chi connectivity index (χ1v) is 12.5. The number of epoxide rings is 1. The number of allylic oxidation sites excluding steroid dienone is 1. The number of ether oxygens (including phenoxy) is 9. The summed E-state index contributed by atoms with van der Waals surface area (Å²) in [5, 5.41) is 0. The Labute approximate surface area is 224 Å². The largest absolute Gasteiger partial charge is 0.472 e. The molecule has 216 valence electrons. The van der Waals surface area contributed by atoms with Crippen LogP contribution < -0.4 is 0 Å². The summed E-state index contributed by atoms with van der Waals surface area (Å²) in [7, 11) is 0. The molecule has 39 heavy (non-hydrogen) atoms. The molecular weight excluding hydrogens is 524 g/mol. The molecule has 3 heterocycles. The number of carbonyl (C=O) groups is 5. The molecule has 14 heteroatoms. The predicted octanol–water partition coefficient (Wildman–Crippen LogP) is 0.293. The minimum absolute atomic E-state index is 0.0101. The molecule has 0 N–H and O–H groups in total. The van der Waals surface area contributed by atoms with Crippen LogP contribution in [0.15, 0.2) is 12.3 Å². The lowest BCUT2D eigenvalue weighted by molar-refractivity contribution is -0.346. The monoisotopic (exact) mass is 556 g/mol. The van der Waals surface area contributed by atoms with Gasteiger partial charge in [-0.25, -0.2) is 0 Å². The van der Waals surface area contributed by atoms with E-state index in [0.29, 0.717) is 6.42 Å². The summed E-state index contributed by atoms with van der Waals surface area (Å²) in [6.45, 7) is 5.47. The number of hydrogen-bond donors (Lipinski definition) is 0. The molecule has 0 aromatic rings. The van der Waals surface area contributed by atoms with Crippen molar-refractivity contribution in [2.75, 3.05) is 13.2 Å². The van der Waals surface area contributed by atoms with Crippen LogP contribution in [0.1, 0.15) is 41.0 Å². The summed E-state index contributed by atoms with van der Waals surface area (Å²) in [6, 6.07) is 0. The van der Waals surface area contributed by atoms with Gasteiger partial charge >= 0.3 is 29.8 Å². The zero-order valence-corrected chi connectivity index (χ0v) is 22.2. The lowest BCUT2D eigenvalue weighted by Crippen LogP contribution is -2.64. The molecule has 1 aliphatic carbocycles. The van der Waals surface area contributed by atoms with Gasteiger partial charge in [0.1, 0.15) is 24.9 Å². The predicted molar refractivity (Wildman–Crippen MR) is 123 cm³/mol. The Balaban J connectivity index is 1.64. The van der Waals surface area contributed by atoms with E-state index < -0.39 is 85.0 Å². The van der Waals surface area contributed by atoms with Crippen molar-refractivity contribution in [2.24, 2.45) is 11.8 Å². The van der Waals surface area contributed by atoms with Gasteiger partial charge in [0.25, 0.3) is 0 Å². The fourth-order valence-corrected chi connectivity index (χ4v) is 5.45. The Hall–Kier alpha value is -3.23. The van der Waals surface area contributed by atoms with E-state index in [-0.39, 0.29) is 18.6 Å². The summed E-state index contributed by atoms with van der Waals surface area (Å²) in [5.74, 6) is -3.83. The number of esters is 5. The average molecular weight is 557 g/mol. The molecule has 3 fully saturated rings. The van der Waals surface area contributed by atoms with Crippen LogP contribution >= 0.6 is 0 Å². The Kier molecular flexibility index (Phi) is 8.47. The second kappa shape index (κ2) is 11.5. The van der Waals surface area contributed by atoms with Crippen molar-refractivity contribution >= 4 is 29.8 Å². The van der Waals surface area contributed by atoms with Crippen molar-refractivity contribution in [2.45, 2.75) is 89.7 Å². The molecule has 0 bridgehead atoms. The normalized spacial score (nSPS) is 37.8. The van der Waals surface area contributed by atoms with Gasteiger partial charge in [-0.3, -0.25) is 24.0 Å². The van der Waals surface area contributed by atoms with Crippen LogP contribution in [0, 0.1) is 11.8 Å². The molecule has 14 nitrogen and oxygen atoms in total. The quantitative estimate of drug-likeness (QED) is 0.215. The van der Waals surface area contributed by atoms with E-state index >= 15 is 0 Å². The third-order valence-electron chi connectivity index (χ3n) is 6.91. The average Bonchev–Trinajstić information content (AvgIpc) is 3.43. The van der Waals surface area contributed by atoms with Crippen LogP contribution in [0.2, 0.25) is 0 Å². The maximum Gasteiger partial charge on any atom is 0.303 e. The van der Waals surface area contributed by atoms with Gasteiger partial charge in [0, 0.05) is 34.6 Å². The second-order valence-corrected chi connectivity index (χ2v) is 9.80. The summed E-state index contributed by atoms with van der Waals surface area (Å²) < 4.78 is 50.6. The third kappa shape index (κ3) is 6.34. The highest BCUT2D eigenvalue weighted by molar-refractivity contribution is 5.69. The molecular formula is C25H32O14. The molecule has 0 aromatic heterocycles. The van der Waals surface area contributed by atoms with Gasteiger partial charge in [-0.05, 0) is 18.4 Å². The zero-order valence-electron chi connectivity index (χ0n) is 22.2. The molecule has 4 rings (SSSR count). The maximum atomic E-state index is 12.1. The minimum Gasteiger partial charge on any atom is -0.472 e. The van der Waals surface area contributed by atoms with Gasteiger partial charge in [0.2, 0.25) is 12.6 Å². The highest BCUT2D eigenvalue weighted by atomic mass is 16.8. The third-order valence-corrected chi connectivity index (χ3v) is 6.91. The van der Waals surface area contributed by atoms with Crippen molar-refractivity contribution in [3.05, 3.63) is 12.3 Å². The van der Waals surface area contributed by atoms with Gasteiger partial charge in [-0.15, -0.1) is 0 Å². The molecule has 10 atom stereocenters. The van der Waals surface area contributed by atoms with Gasteiger partial charge in [-0.1, -0.05) is 0 Å². The van der Waals surface area contributed by atoms with E-state index in [0.717, 1.165) is 20.8 Å². The number of rotatable bonds is 9. The fraction of sp³-hybridized carbons (Fsp3) is 0.720. The first-order valence-electron chi connectivity index (χ1n) is 12.5. The van der Waals surface area contributed by atoms with Crippen molar-refractivity contribution in [1.29, 1.82) is 0 Å². The summed E-state index contributed by atoms with van der Waals surface area (Å²) in [5.41, 5.74) is -0.843. The SMILES string of the molecule is CC(=O)OC[C@H]1O[C@@H](O[C@@H]2OC=C[C@H]3C[C@@H]4O[C@]4(COC(C)=O)[C@@H]23)[C@H](OC(C)=O)[C@@H](OC(C)=O)[C@@H]1OC(C)=O. The molecule has 1 saturated carbocycles. The van der Waals surface area contributed by atoms with E-state index in [1.54, 1.807) is 0 Å². The minimum atomic E-state index is -1.42. The van der Waals surface area contributed by atoms with Crippen LogP contribution in [-0.4, -0.2) is 91.8 Å². The Bertz CT molecular complexity index is 1020. The smallest absolute Gasteiger partial charge is 0.303 e. The molecule has 0 amide bonds. The lowest BCUT2D eigenvalue weighted by Gasteiger charge is -2.45. The first kappa shape index (κ1) is 28.8. The van der Waals surface area contributed by atoms with Gasteiger partial charge < -0.3 is 42.6 Å². The molecule has 4 aliphatic rings. The molecule has 0 aromatic carbocycles. The number of carbonyl (C=O) groups excluding carboxylic acids is 5. The Morgan fingerprint density at radius 2 is 1.41 bits per heavy atom. The van der Waals surface area contributed by atoms with Crippen LogP contribution in [-0.2, 0) is 66.6 Å². The molecule has 0 unspecified atom stereocenters. The van der Waals surface area contributed by atoms with Crippen molar-refractivity contribution in [1.82, 2.24) is 0 Å². The number of hydrogen-bond acceptors (Lipinski definition) is 14. The van der Waals surface area contributed by atoms with Crippen LogP contribution in [0.3, 0.4) is 0 Å². The van der Waals surface area contributed by atoms with Gasteiger partial charge in [0.05, 0.1) is 18.3 Å². The van der Waals surface area contributed by atoms with E-state index in [1.165, 1.54) is 20.1 Å². The van der Waals surface area contributed by atoms with E-state index in [9.17, 15) is 24.0 Å². The summed E-state index contributed by atoms with van der Waals surface area (Å²) >= 11 is 0. The van der Waals surface area contributed by atoms with Crippen molar-refractivity contribution < 1.29 is 66.6 Å². The number of fused-ring (bicyclic) bond motifs is 3. The molecule has 0 radical (unpaired) electrons. The van der Waals surface area contributed by atoms with Crippen LogP contribution in [0.25, 0.3) is 0 Å². The van der Waals surface area contributed by atoms with Crippen LogP contribution in [0.4, 0.5) is 0 Å². The first-order chi connectivity index (χ1) is 18.4. The highest BCUT2D eigenvalue weighted by Crippen LogP contribution is 2.60.